The second kappa shape index (κ2) is 16.9. The van der Waals surface area contributed by atoms with E-state index in [9.17, 15) is 17.3 Å². The monoisotopic (exact) mass is 676 g/mol. The molecule has 2 aliphatic heterocycles. The van der Waals surface area contributed by atoms with Gasteiger partial charge in [0.05, 0.1) is 0 Å². The molecule has 0 spiro atoms. The van der Waals surface area contributed by atoms with Crippen molar-refractivity contribution in [2.45, 2.75) is 64.7 Å². The van der Waals surface area contributed by atoms with Gasteiger partial charge in [0.15, 0.2) is 0 Å². The van der Waals surface area contributed by atoms with E-state index in [-0.39, 0.29) is 35.3 Å². The van der Waals surface area contributed by atoms with Crippen molar-refractivity contribution in [3.05, 3.63) is 107 Å². The summed E-state index contributed by atoms with van der Waals surface area (Å²) in [5.41, 5.74) is 8.09. The van der Waals surface area contributed by atoms with Crippen LogP contribution in [0.5, 0.6) is 0 Å². The van der Waals surface area contributed by atoms with Crippen molar-refractivity contribution < 1.29 is 36.7 Å². The number of hydrogen-bond acceptors (Lipinski definition) is 0. The van der Waals surface area contributed by atoms with Gasteiger partial charge in [-0.05, 0) is 76.3 Å². The molecule has 1 aliphatic carbocycles. The summed E-state index contributed by atoms with van der Waals surface area (Å²) in [5.74, 6) is 0. The van der Waals surface area contributed by atoms with Crippen LogP contribution < -0.4 is 10.6 Å². The SMILES string of the molecule is C1=C\CC/C=C\CC/1.CC1=C(C)[C@H]([C@H]2C(C)=C(C)CP2c2ccccc2)P(c2ccccc2)C1.F[B-](F)(F)F.[Rh]. The topological polar surface area (TPSA) is 0 Å². The molecule has 40 heavy (non-hydrogen) atoms. The zero-order valence-corrected chi connectivity index (χ0v) is 27.2. The van der Waals surface area contributed by atoms with Crippen LogP contribution in [0.1, 0.15) is 53.4 Å². The first-order chi connectivity index (χ1) is 18.6. The maximum Gasteiger partial charge on any atom is 0.673 e. The Bertz CT molecular complexity index is 1070. The first kappa shape index (κ1) is 34.9. The molecule has 0 saturated carbocycles. The Labute approximate surface area is 253 Å². The molecule has 2 heterocycles. The summed E-state index contributed by atoms with van der Waals surface area (Å²) in [6, 6.07) is 22.7. The molecule has 0 saturated heterocycles. The summed E-state index contributed by atoms with van der Waals surface area (Å²) in [6.07, 6.45) is 16.6. The van der Waals surface area contributed by atoms with Crippen LogP contribution in [-0.2, 0) is 19.5 Å². The molecule has 0 aromatic heterocycles. The van der Waals surface area contributed by atoms with Gasteiger partial charge in [-0.25, -0.2) is 0 Å². The molecule has 0 N–H and O–H groups in total. The fourth-order valence-electron chi connectivity index (χ4n) is 5.34. The average Bonchev–Trinajstić information content (AvgIpc) is 3.33. The zero-order chi connectivity index (χ0) is 28.4. The molecule has 3 aliphatic rings. The summed E-state index contributed by atoms with van der Waals surface area (Å²) in [6.45, 7) is 9.59. The van der Waals surface area contributed by atoms with Crippen molar-refractivity contribution in [1.29, 1.82) is 0 Å². The summed E-state index contributed by atoms with van der Waals surface area (Å²) in [4.78, 5) is 0. The van der Waals surface area contributed by atoms with Crippen LogP contribution in [-0.4, -0.2) is 30.9 Å². The molecule has 8 heteroatoms. The van der Waals surface area contributed by atoms with E-state index in [1.807, 2.05) is 0 Å². The minimum Gasteiger partial charge on any atom is -0.418 e. The van der Waals surface area contributed by atoms with Crippen LogP contribution in [0.15, 0.2) is 107 Å². The molecule has 2 unspecified atom stereocenters. The maximum absolute atomic E-state index is 9.75. The maximum atomic E-state index is 9.75. The zero-order valence-electron chi connectivity index (χ0n) is 23.8. The van der Waals surface area contributed by atoms with Crippen LogP contribution in [0.4, 0.5) is 17.3 Å². The Morgan fingerprint density at radius 1 is 0.550 bits per heavy atom. The third-order valence-electron chi connectivity index (χ3n) is 7.53. The summed E-state index contributed by atoms with van der Waals surface area (Å²) in [7, 11) is -6.30. The molecule has 0 fully saturated rings. The minimum absolute atomic E-state index is 0. The standard InChI is InChI=1S/C24H28P2.C8H12.BF4.Rh/c1-17-15-25(21-11-7-5-8-12-21)23(19(17)3)24-20(4)18(2)16-26(24)22-13-9-6-10-14-22;1-2-4-6-8-7-5-3-1;2-1(3,4)5;/h5-14,23-24H,15-16H2,1-4H3;1-2,7-8H,3-6H2;;/q;;-1;/b;2-1-,8-7-;;/t23-,24-,25?,26?;;;/m1.../s1. The van der Waals surface area contributed by atoms with Crippen molar-refractivity contribution in [2.75, 3.05) is 12.3 Å². The van der Waals surface area contributed by atoms with Gasteiger partial charge in [0.1, 0.15) is 0 Å². The van der Waals surface area contributed by atoms with Crippen LogP contribution in [0.2, 0.25) is 0 Å². The van der Waals surface area contributed by atoms with E-state index < -0.39 is 7.25 Å². The van der Waals surface area contributed by atoms with Crippen LogP contribution in [0.3, 0.4) is 0 Å². The van der Waals surface area contributed by atoms with Gasteiger partial charge in [-0.15, -0.1) is 0 Å². The molecule has 0 amide bonds. The smallest absolute Gasteiger partial charge is 0.418 e. The van der Waals surface area contributed by atoms with Crippen molar-refractivity contribution in [3.63, 3.8) is 0 Å². The molecule has 219 valence electrons. The van der Waals surface area contributed by atoms with Gasteiger partial charge < -0.3 is 17.3 Å². The van der Waals surface area contributed by atoms with E-state index in [4.69, 9.17) is 0 Å². The predicted octanol–water partition coefficient (Wildman–Crippen LogP) is 10.0. The number of hydrogen-bond donors (Lipinski definition) is 0. The number of halogens is 4. The van der Waals surface area contributed by atoms with Crippen molar-refractivity contribution in [3.8, 4) is 0 Å². The molecule has 0 nitrogen and oxygen atoms in total. The molecule has 5 rings (SSSR count). The molecule has 4 atom stereocenters. The van der Waals surface area contributed by atoms with Gasteiger partial charge in [-0.1, -0.05) is 123 Å². The molecule has 1 radical (unpaired) electrons. The Morgan fingerprint density at radius 3 is 1.10 bits per heavy atom. The number of allylic oxidation sites excluding steroid dienone is 8. The van der Waals surface area contributed by atoms with E-state index >= 15 is 0 Å². The van der Waals surface area contributed by atoms with Crippen molar-refractivity contribution in [2.24, 2.45) is 0 Å². The first-order valence-corrected chi connectivity index (χ1v) is 16.9. The number of rotatable bonds is 3. The number of benzene rings is 2. The summed E-state index contributed by atoms with van der Waals surface area (Å²) < 4.78 is 39.0. The van der Waals surface area contributed by atoms with Crippen LogP contribution in [0.25, 0.3) is 0 Å². The molecule has 2 aromatic carbocycles. The van der Waals surface area contributed by atoms with Crippen molar-refractivity contribution >= 4 is 33.7 Å². The Kier molecular flexibility index (Phi) is 14.8. The van der Waals surface area contributed by atoms with Crippen LogP contribution in [0, 0.1) is 0 Å². The third-order valence-corrected chi connectivity index (χ3v) is 14.0. The van der Waals surface area contributed by atoms with E-state index in [1.54, 1.807) is 32.9 Å². The largest absolute Gasteiger partial charge is 0.673 e. The molecular formula is C32H40BF4P2Rh-. The normalized spacial score (nSPS) is 25.9. The van der Waals surface area contributed by atoms with Crippen LogP contribution >= 0.6 is 15.8 Å². The van der Waals surface area contributed by atoms with E-state index in [0.29, 0.717) is 0 Å². The van der Waals surface area contributed by atoms with Gasteiger partial charge in [-0.3, -0.25) is 0 Å². The Balaban J connectivity index is 0.000000333. The van der Waals surface area contributed by atoms with Crippen molar-refractivity contribution in [1.82, 2.24) is 0 Å². The average molecular weight is 676 g/mol. The molecule has 0 bridgehead atoms. The fraction of sp³-hybridized carbons (Fsp3) is 0.375. The molecule has 2 aromatic rings. The van der Waals surface area contributed by atoms with Gasteiger partial charge >= 0.3 is 7.25 Å². The van der Waals surface area contributed by atoms with E-state index in [2.05, 4.69) is 113 Å². The first-order valence-electron chi connectivity index (χ1n) is 13.7. The quantitative estimate of drug-likeness (QED) is 0.132. The van der Waals surface area contributed by atoms with Gasteiger partial charge in [0.2, 0.25) is 0 Å². The Morgan fingerprint density at radius 2 is 0.825 bits per heavy atom. The Hall–Kier alpha value is -1.33. The van der Waals surface area contributed by atoms with E-state index in [0.717, 1.165) is 11.3 Å². The predicted molar refractivity (Wildman–Crippen MR) is 167 cm³/mol. The molecular weight excluding hydrogens is 636 g/mol. The minimum atomic E-state index is -6.00. The summed E-state index contributed by atoms with van der Waals surface area (Å²) in [5, 5.41) is 3.17. The second-order valence-electron chi connectivity index (χ2n) is 10.3. The van der Waals surface area contributed by atoms with Gasteiger partial charge in [0.25, 0.3) is 0 Å². The fourth-order valence-corrected chi connectivity index (χ4v) is 12.8. The van der Waals surface area contributed by atoms with Gasteiger partial charge in [0, 0.05) is 30.8 Å². The third kappa shape index (κ3) is 10.5. The van der Waals surface area contributed by atoms with E-state index in [1.165, 1.54) is 38.0 Å². The second-order valence-corrected chi connectivity index (χ2v) is 15.0. The van der Waals surface area contributed by atoms with Gasteiger partial charge in [-0.2, -0.15) is 0 Å². The summed E-state index contributed by atoms with van der Waals surface area (Å²) >= 11 is 0.